The van der Waals surface area contributed by atoms with E-state index in [1.165, 1.54) is 18.9 Å². The fourth-order valence-corrected chi connectivity index (χ4v) is 2.05. The monoisotopic (exact) mass is 287 g/mol. The van der Waals surface area contributed by atoms with Crippen LogP contribution in [0.4, 0.5) is 0 Å². The van der Waals surface area contributed by atoms with Crippen molar-refractivity contribution < 1.29 is 14.3 Å². The molecule has 0 saturated heterocycles. The minimum Gasteiger partial charge on any atom is -0.468 e. The largest absolute Gasteiger partial charge is 0.468 e. The highest BCUT2D eigenvalue weighted by Crippen LogP contribution is 2.16. The van der Waals surface area contributed by atoms with Gasteiger partial charge in [-0.15, -0.1) is 23.4 Å². The highest BCUT2D eigenvalue weighted by atomic mass is 35.5. The Labute approximate surface area is 115 Å². The second-order valence-corrected chi connectivity index (χ2v) is 4.97. The number of benzene rings is 1. The van der Waals surface area contributed by atoms with Crippen LogP contribution >= 0.6 is 23.4 Å². The first-order valence-corrected chi connectivity index (χ1v) is 6.72. The average molecular weight is 288 g/mol. The Morgan fingerprint density at radius 2 is 2.06 bits per heavy atom. The summed E-state index contributed by atoms with van der Waals surface area (Å²) in [5.41, 5.74) is 0. The van der Waals surface area contributed by atoms with Crippen molar-refractivity contribution in [2.75, 3.05) is 19.4 Å². The number of hydrogen-bond acceptors (Lipinski definition) is 4. The normalized spacial score (nSPS) is 11.7. The van der Waals surface area contributed by atoms with E-state index in [1.807, 2.05) is 30.3 Å². The lowest BCUT2D eigenvalue weighted by atomic mass is 10.4. The first kappa shape index (κ1) is 14.9. The molecule has 1 aromatic rings. The van der Waals surface area contributed by atoms with Gasteiger partial charge in [0.15, 0.2) is 0 Å². The molecule has 0 fully saturated rings. The van der Waals surface area contributed by atoms with E-state index >= 15 is 0 Å². The summed E-state index contributed by atoms with van der Waals surface area (Å²) in [5, 5.41) is 1.73. The lowest BCUT2D eigenvalue weighted by Crippen LogP contribution is -2.35. The van der Waals surface area contributed by atoms with Crippen LogP contribution in [0.5, 0.6) is 0 Å². The first-order valence-electron chi connectivity index (χ1n) is 5.30. The quantitative estimate of drug-likeness (QED) is 0.491. The van der Waals surface area contributed by atoms with Crippen molar-refractivity contribution in [2.45, 2.75) is 10.3 Å². The lowest BCUT2D eigenvalue weighted by Gasteiger charge is -2.08. The van der Waals surface area contributed by atoms with Crippen molar-refractivity contribution in [3.8, 4) is 0 Å². The standard InChI is InChI=1S/C12H14ClNO3S/c1-17-12(16)10(13)7-14-11(15)8-18-9-5-3-2-4-6-9/h2-6,10H,7-8H2,1H3,(H,14,15). The second-order valence-electron chi connectivity index (χ2n) is 3.40. The van der Waals surface area contributed by atoms with Gasteiger partial charge in [0.05, 0.1) is 12.9 Å². The third-order valence-corrected chi connectivity index (χ3v) is 3.39. The fraction of sp³-hybridized carbons (Fsp3) is 0.333. The zero-order chi connectivity index (χ0) is 13.4. The molecule has 18 heavy (non-hydrogen) atoms. The molecule has 1 aromatic carbocycles. The van der Waals surface area contributed by atoms with Crippen molar-refractivity contribution in [3.05, 3.63) is 30.3 Å². The number of amides is 1. The summed E-state index contributed by atoms with van der Waals surface area (Å²) in [6.45, 7) is 0.0718. The number of nitrogens with one attached hydrogen (secondary N) is 1. The zero-order valence-corrected chi connectivity index (χ0v) is 11.5. The zero-order valence-electron chi connectivity index (χ0n) is 9.89. The van der Waals surface area contributed by atoms with Crippen LogP contribution in [0, 0.1) is 0 Å². The molecule has 0 spiro atoms. The number of halogens is 1. The highest BCUT2D eigenvalue weighted by Gasteiger charge is 2.16. The van der Waals surface area contributed by atoms with E-state index in [-0.39, 0.29) is 18.2 Å². The van der Waals surface area contributed by atoms with Crippen molar-refractivity contribution >= 4 is 35.2 Å². The number of esters is 1. The van der Waals surface area contributed by atoms with Crippen molar-refractivity contribution in [1.29, 1.82) is 0 Å². The third kappa shape index (κ3) is 5.42. The Morgan fingerprint density at radius 1 is 1.39 bits per heavy atom. The predicted octanol–water partition coefficient (Wildman–Crippen LogP) is 1.68. The number of carbonyl (C=O) groups excluding carboxylic acids is 2. The van der Waals surface area contributed by atoms with Gasteiger partial charge in [-0.1, -0.05) is 18.2 Å². The molecule has 0 radical (unpaired) electrons. The Bertz CT molecular complexity index is 400. The highest BCUT2D eigenvalue weighted by molar-refractivity contribution is 8.00. The molecule has 1 unspecified atom stereocenters. The second kappa shape index (κ2) is 8.00. The molecule has 98 valence electrons. The Hall–Kier alpha value is -1.20. The van der Waals surface area contributed by atoms with Gasteiger partial charge in [-0.05, 0) is 12.1 Å². The number of methoxy groups -OCH3 is 1. The molecule has 1 rings (SSSR count). The van der Waals surface area contributed by atoms with Gasteiger partial charge in [0.25, 0.3) is 0 Å². The molecule has 6 heteroatoms. The van der Waals surface area contributed by atoms with Crippen LogP contribution in [0.25, 0.3) is 0 Å². The molecule has 0 bridgehead atoms. The van der Waals surface area contributed by atoms with Gasteiger partial charge in [0.1, 0.15) is 5.38 Å². The lowest BCUT2D eigenvalue weighted by molar-refractivity contribution is -0.140. The van der Waals surface area contributed by atoms with Crippen LogP contribution in [0.3, 0.4) is 0 Å². The topological polar surface area (TPSA) is 55.4 Å². The third-order valence-electron chi connectivity index (χ3n) is 2.05. The number of thioether (sulfide) groups is 1. The minimum absolute atomic E-state index is 0.0718. The fourth-order valence-electron chi connectivity index (χ4n) is 1.13. The van der Waals surface area contributed by atoms with E-state index in [9.17, 15) is 9.59 Å². The van der Waals surface area contributed by atoms with E-state index in [0.29, 0.717) is 0 Å². The number of hydrogen-bond donors (Lipinski definition) is 1. The molecular formula is C12H14ClNO3S. The molecule has 4 nitrogen and oxygen atoms in total. The SMILES string of the molecule is COC(=O)C(Cl)CNC(=O)CSc1ccccc1. The van der Waals surface area contributed by atoms with Gasteiger partial charge in [-0.3, -0.25) is 9.59 Å². The number of alkyl halides is 1. The molecule has 0 saturated carbocycles. The molecule has 1 N–H and O–H groups in total. The van der Waals surface area contributed by atoms with Gasteiger partial charge in [-0.25, -0.2) is 0 Å². The summed E-state index contributed by atoms with van der Waals surface area (Å²) >= 11 is 7.12. The average Bonchev–Trinajstić information content (AvgIpc) is 2.42. The Morgan fingerprint density at radius 3 is 2.67 bits per heavy atom. The van der Waals surface area contributed by atoms with Crippen molar-refractivity contribution in [1.82, 2.24) is 5.32 Å². The molecule has 0 aliphatic heterocycles. The number of carbonyl (C=O) groups is 2. The summed E-state index contributed by atoms with van der Waals surface area (Å²) in [7, 11) is 1.25. The molecule has 1 amide bonds. The molecule has 0 heterocycles. The van der Waals surface area contributed by atoms with Crippen LogP contribution < -0.4 is 5.32 Å². The van der Waals surface area contributed by atoms with Crippen molar-refractivity contribution in [2.24, 2.45) is 0 Å². The van der Waals surface area contributed by atoms with Crippen molar-refractivity contribution in [3.63, 3.8) is 0 Å². The number of rotatable bonds is 6. The van der Waals surface area contributed by atoms with Gasteiger partial charge in [0, 0.05) is 11.4 Å². The molecule has 1 atom stereocenters. The Kier molecular flexibility index (Phi) is 6.60. The van der Waals surface area contributed by atoms with Crippen LogP contribution in [-0.4, -0.2) is 36.7 Å². The van der Waals surface area contributed by atoms with E-state index < -0.39 is 11.3 Å². The van der Waals surface area contributed by atoms with E-state index in [4.69, 9.17) is 11.6 Å². The minimum atomic E-state index is -0.847. The maximum absolute atomic E-state index is 11.5. The summed E-state index contributed by atoms with van der Waals surface area (Å²) in [6.07, 6.45) is 0. The van der Waals surface area contributed by atoms with Crippen LogP contribution in [0.1, 0.15) is 0 Å². The summed E-state index contributed by atoms with van der Waals surface area (Å²) in [5.74, 6) is -0.430. The molecule has 0 aliphatic carbocycles. The molecule has 0 aliphatic rings. The van der Waals surface area contributed by atoms with E-state index in [0.717, 1.165) is 4.90 Å². The molecular weight excluding hydrogens is 274 g/mol. The van der Waals surface area contributed by atoms with Gasteiger partial charge >= 0.3 is 5.97 Å². The van der Waals surface area contributed by atoms with E-state index in [1.54, 1.807) is 0 Å². The van der Waals surface area contributed by atoms with E-state index in [2.05, 4.69) is 10.1 Å². The predicted molar refractivity (Wildman–Crippen MR) is 71.8 cm³/mol. The molecule has 0 aromatic heterocycles. The number of ether oxygens (including phenoxy) is 1. The Balaban J connectivity index is 2.24. The smallest absolute Gasteiger partial charge is 0.325 e. The van der Waals surface area contributed by atoms with Crippen LogP contribution in [0.15, 0.2) is 35.2 Å². The first-order chi connectivity index (χ1) is 8.63. The van der Waals surface area contributed by atoms with Crippen LogP contribution in [0.2, 0.25) is 0 Å². The maximum Gasteiger partial charge on any atom is 0.325 e. The van der Waals surface area contributed by atoms with Gasteiger partial charge < -0.3 is 10.1 Å². The van der Waals surface area contributed by atoms with Crippen LogP contribution in [-0.2, 0) is 14.3 Å². The van der Waals surface area contributed by atoms with Gasteiger partial charge in [0.2, 0.25) is 5.91 Å². The maximum atomic E-state index is 11.5. The summed E-state index contributed by atoms with van der Waals surface area (Å²) in [6, 6.07) is 9.59. The summed E-state index contributed by atoms with van der Waals surface area (Å²) < 4.78 is 4.45. The summed E-state index contributed by atoms with van der Waals surface area (Å²) in [4.78, 5) is 23.5. The van der Waals surface area contributed by atoms with Gasteiger partial charge in [-0.2, -0.15) is 0 Å².